The summed E-state index contributed by atoms with van der Waals surface area (Å²) in [5.41, 5.74) is 0.795. The zero-order valence-corrected chi connectivity index (χ0v) is 9.34. The topological polar surface area (TPSA) is 52.1 Å². The zero-order chi connectivity index (χ0) is 10.7. The van der Waals surface area contributed by atoms with Gasteiger partial charge in [-0.2, -0.15) is 0 Å². The molecule has 0 unspecified atom stereocenters. The minimum absolute atomic E-state index is 0.0639. The predicted octanol–water partition coefficient (Wildman–Crippen LogP) is 1.98. The molecule has 0 bridgehead atoms. The van der Waals surface area contributed by atoms with Crippen LogP contribution in [0.5, 0.6) is 0 Å². The molecule has 15 heavy (non-hydrogen) atoms. The average Bonchev–Trinajstić information content (AvgIpc) is 2.87. The van der Waals surface area contributed by atoms with Crippen LogP contribution >= 0.6 is 11.5 Å². The number of carbonyl (C=O) groups excluding carboxylic acids is 1. The smallest absolute Gasteiger partial charge is 0.240 e. The molecule has 0 saturated carbocycles. The summed E-state index contributed by atoms with van der Waals surface area (Å²) in [6.45, 7) is 2.66. The van der Waals surface area contributed by atoms with E-state index in [1.54, 1.807) is 0 Å². The Balaban J connectivity index is 2.21. The molecule has 0 aromatic carbocycles. The predicted molar refractivity (Wildman–Crippen MR) is 56.9 cm³/mol. The van der Waals surface area contributed by atoms with Gasteiger partial charge < -0.3 is 4.74 Å². The Kier molecular flexibility index (Phi) is 3.11. The number of Topliss-reactive ketones (excluding diaryl/α,β-unsaturated/α-hetero) is 1. The van der Waals surface area contributed by atoms with Crippen molar-refractivity contribution in [3.8, 4) is 0 Å². The number of allylic oxidation sites excluding steroid dienone is 1. The maximum absolute atomic E-state index is 11.9. The Morgan fingerprint density at radius 2 is 2.53 bits per heavy atom. The number of carbonyl (C=O) groups is 1. The van der Waals surface area contributed by atoms with E-state index in [-0.39, 0.29) is 5.78 Å². The summed E-state index contributed by atoms with van der Waals surface area (Å²) >= 11 is 1.15. The van der Waals surface area contributed by atoms with Gasteiger partial charge in [-0.1, -0.05) is 17.8 Å². The van der Waals surface area contributed by atoms with E-state index >= 15 is 0 Å². The first kappa shape index (κ1) is 10.3. The molecule has 1 aromatic heterocycles. The molecule has 2 rings (SSSR count). The fraction of sp³-hybridized carbons (Fsp3) is 0.500. The number of aryl methyl sites for hydroxylation is 1. The number of rotatable bonds is 4. The lowest BCUT2D eigenvalue weighted by Gasteiger charge is -2.01. The standard InChI is InChI=1S/C10H12N2O2S/c1-2-4-7-10(15-12-11-7)9(13)8-5-3-6-14-8/h5H,2-4,6H2,1H3. The maximum Gasteiger partial charge on any atom is 0.240 e. The Hall–Kier alpha value is -1.23. The van der Waals surface area contributed by atoms with Crippen molar-refractivity contribution in [2.75, 3.05) is 6.61 Å². The van der Waals surface area contributed by atoms with E-state index in [2.05, 4.69) is 16.5 Å². The van der Waals surface area contributed by atoms with Crippen LogP contribution in [0.25, 0.3) is 0 Å². The molecular formula is C10H12N2O2S. The van der Waals surface area contributed by atoms with E-state index in [4.69, 9.17) is 4.74 Å². The third kappa shape index (κ3) is 2.07. The highest BCUT2D eigenvalue weighted by molar-refractivity contribution is 7.08. The van der Waals surface area contributed by atoms with Crippen molar-refractivity contribution < 1.29 is 9.53 Å². The molecular weight excluding hydrogens is 212 g/mol. The first-order chi connectivity index (χ1) is 7.33. The van der Waals surface area contributed by atoms with Crippen LogP contribution in [-0.4, -0.2) is 22.0 Å². The molecule has 0 N–H and O–H groups in total. The largest absolute Gasteiger partial charge is 0.489 e. The van der Waals surface area contributed by atoms with Gasteiger partial charge >= 0.3 is 0 Å². The highest BCUT2D eigenvalue weighted by atomic mass is 32.1. The number of aromatic nitrogens is 2. The Labute approximate surface area is 92.1 Å². The second kappa shape index (κ2) is 4.53. The monoisotopic (exact) mass is 224 g/mol. The van der Waals surface area contributed by atoms with Crippen LogP contribution in [0.1, 0.15) is 35.1 Å². The lowest BCUT2D eigenvalue weighted by molar-refractivity contribution is 0.0945. The fourth-order valence-corrected chi connectivity index (χ4v) is 2.12. The van der Waals surface area contributed by atoms with Crippen molar-refractivity contribution >= 4 is 17.3 Å². The van der Waals surface area contributed by atoms with Crippen molar-refractivity contribution in [1.29, 1.82) is 0 Å². The van der Waals surface area contributed by atoms with Crippen LogP contribution in [-0.2, 0) is 11.2 Å². The molecule has 0 atom stereocenters. The van der Waals surface area contributed by atoms with Gasteiger partial charge in [-0.15, -0.1) is 5.10 Å². The van der Waals surface area contributed by atoms with Crippen molar-refractivity contribution in [3.05, 3.63) is 22.4 Å². The average molecular weight is 224 g/mol. The highest BCUT2D eigenvalue weighted by Gasteiger charge is 2.22. The van der Waals surface area contributed by atoms with E-state index < -0.39 is 0 Å². The van der Waals surface area contributed by atoms with Gasteiger partial charge in [0.1, 0.15) is 4.88 Å². The second-order valence-electron chi connectivity index (χ2n) is 3.33. The van der Waals surface area contributed by atoms with E-state index in [0.29, 0.717) is 17.2 Å². The molecule has 1 aliphatic heterocycles. The SMILES string of the molecule is CCCc1nnsc1C(=O)C1=CCCO1. The fourth-order valence-electron chi connectivity index (χ4n) is 1.47. The third-order valence-electron chi connectivity index (χ3n) is 2.18. The highest BCUT2D eigenvalue weighted by Crippen LogP contribution is 2.20. The first-order valence-corrected chi connectivity index (χ1v) is 5.79. The van der Waals surface area contributed by atoms with Crippen molar-refractivity contribution in [3.63, 3.8) is 0 Å². The number of ketones is 1. The van der Waals surface area contributed by atoms with Crippen LogP contribution in [0.2, 0.25) is 0 Å². The third-order valence-corrected chi connectivity index (χ3v) is 2.94. The molecule has 0 spiro atoms. The molecule has 0 fully saturated rings. The summed E-state index contributed by atoms with van der Waals surface area (Å²) in [4.78, 5) is 12.6. The van der Waals surface area contributed by atoms with Gasteiger partial charge in [0.2, 0.25) is 5.78 Å². The van der Waals surface area contributed by atoms with Gasteiger partial charge in [-0.25, -0.2) is 0 Å². The minimum atomic E-state index is -0.0639. The molecule has 5 heteroatoms. The van der Waals surface area contributed by atoms with Gasteiger partial charge in [0.25, 0.3) is 0 Å². The van der Waals surface area contributed by atoms with Gasteiger partial charge in [0, 0.05) is 6.42 Å². The van der Waals surface area contributed by atoms with Crippen LogP contribution < -0.4 is 0 Å². The van der Waals surface area contributed by atoms with E-state index in [9.17, 15) is 4.79 Å². The van der Waals surface area contributed by atoms with Crippen molar-refractivity contribution in [2.24, 2.45) is 0 Å². The van der Waals surface area contributed by atoms with E-state index in [1.165, 1.54) is 0 Å². The maximum atomic E-state index is 11.9. The molecule has 0 aliphatic carbocycles. The molecule has 1 aromatic rings. The normalized spacial score (nSPS) is 14.9. The number of hydrogen-bond acceptors (Lipinski definition) is 5. The van der Waals surface area contributed by atoms with Crippen LogP contribution in [0, 0.1) is 0 Å². The summed E-state index contributed by atoms with van der Waals surface area (Å²) in [6.07, 6.45) is 4.41. The van der Waals surface area contributed by atoms with Gasteiger partial charge in [-0.3, -0.25) is 4.79 Å². The molecule has 1 aliphatic rings. The van der Waals surface area contributed by atoms with E-state index in [1.807, 2.05) is 6.08 Å². The summed E-state index contributed by atoms with van der Waals surface area (Å²) in [7, 11) is 0. The molecule has 0 radical (unpaired) electrons. The Bertz CT molecular complexity index is 398. The number of hydrogen-bond donors (Lipinski definition) is 0. The first-order valence-electron chi connectivity index (χ1n) is 5.01. The second-order valence-corrected chi connectivity index (χ2v) is 4.09. The minimum Gasteiger partial charge on any atom is -0.489 e. The van der Waals surface area contributed by atoms with Crippen LogP contribution in [0.4, 0.5) is 0 Å². The lowest BCUT2D eigenvalue weighted by Crippen LogP contribution is -2.05. The molecule has 0 amide bonds. The molecule has 4 nitrogen and oxygen atoms in total. The number of ether oxygens (including phenoxy) is 1. The summed E-state index contributed by atoms with van der Waals surface area (Å²) < 4.78 is 9.06. The number of nitrogens with zero attached hydrogens (tertiary/aromatic N) is 2. The van der Waals surface area contributed by atoms with Crippen molar-refractivity contribution in [2.45, 2.75) is 26.2 Å². The molecule has 80 valence electrons. The van der Waals surface area contributed by atoms with Crippen LogP contribution in [0.15, 0.2) is 11.8 Å². The molecule has 2 heterocycles. The molecule has 0 saturated heterocycles. The van der Waals surface area contributed by atoms with Gasteiger partial charge in [0.15, 0.2) is 5.76 Å². The quantitative estimate of drug-likeness (QED) is 0.734. The summed E-state index contributed by atoms with van der Waals surface area (Å²) in [6, 6.07) is 0. The Morgan fingerprint density at radius 3 is 3.20 bits per heavy atom. The summed E-state index contributed by atoms with van der Waals surface area (Å²) in [5.74, 6) is 0.393. The van der Waals surface area contributed by atoms with Gasteiger partial charge in [-0.05, 0) is 24.0 Å². The Morgan fingerprint density at radius 1 is 1.67 bits per heavy atom. The van der Waals surface area contributed by atoms with Crippen molar-refractivity contribution in [1.82, 2.24) is 9.59 Å². The zero-order valence-electron chi connectivity index (χ0n) is 8.52. The lowest BCUT2D eigenvalue weighted by atomic mass is 10.1. The van der Waals surface area contributed by atoms with Crippen LogP contribution in [0.3, 0.4) is 0 Å². The van der Waals surface area contributed by atoms with E-state index in [0.717, 1.165) is 36.5 Å². The summed E-state index contributed by atoms with van der Waals surface area (Å²) in [5, 5.41) is 3.96. The van der Waals surface area contributed by atoms with Gasteiger partial charge in [0.05, 0.1) is 12.3 Å².